The lowest BCUT2D eigenvalue weighted by Gasteiger charge is -2.32. The van der Waals surface area contributed by atoms with E-state index in [2.05, 4.69) is 19.2 Å². The topological polar surface area (TPSA) is 55.2 Å². The summed E-state index contributed by atoms with van der Waals surface area (Å²) in [7, 11) is 0. The number of nitrogens with zero attached hydrogens (tertiary/aromatic N) is 1. The molecule has 0 heterocycles. The van der Waals surface area contributed by atoms with E-state index in [4.69, 9.17) is 0 Å². The second kappa shape index (κ2) is 6.04. The molecule has 0 bridgehead atoms. The third-order valence-corrected chi connectivity index (χ3v) is 4.11. The van der Waals surface area contributed by atoms with E-state index in [1.807, 2.05) is 0 Å². The van der Waals surface area contributed by atoms with Gasteiger partial charge in [-0.15, -0.1) is 0 Å². The summed E-state index contributed by atoms with van der Waals surface area (Å²) < 4.78 is 0. The van der Waals surface area contributed by atoms with E-state index in [0.29, 0.717) is 6.04 Å². The van der Waals surface area contributed by atoms with Crippen molar-refractivity contribution in [2.75, 3.05) is 5.32 Å². The van der Waals surface area contributed by atoms with Crippen LogP contribution < -0.4 is 5.32 Å². The quantitative estimate of drug-likeness (QED) is 0.653. The molecule has 2 atom stereocenters. The highest BCUT2D eigenvalue weighted by molar-refractivity contribution is 5.49. The van der Waals surface area contributed by atoms with Gasteiger partial charge in [-0.05, 0) is 36.8 Å². The molecule has 1 aliphatic rings. The number of nitrogens with one attached hydrogen (secondary N) is 1. The Morgan fingerprint density at radius 1 is 1.26 bits per heavy atom. The normalized spacial score (nSPS) is 23.3. The molecular formula is C15H22N2O2. The van der Waals surface area contributed by atoms with Crippen molar-refractivity contribution in [3.63, 3.8) is 0 Å². The molecule has 0 amide bonds. The number of nitro groups is 1. The molecule has 0 saturated heterocycles. The summed E-state index contributed by atoms with van der Waals surface area (Å²) in [5.74, 6) is 1.53. The Kier molecular flexibility index (Phi) is 4.40. The molecule has 104 valence electrons. The molecule has 4 heteroatoms. The number of rotatable bonds is 4. The fourth-order valence-corrected chi connectivity index (χ4v) is 2.88. The summed E-state index contributed by atoms with van der Waals surface area (Å²) >= 11 is 0. The van der Waals surface area contributed by atoms with E-state index in [1.165, 1.54) is 25.7 Å². The lowest BCUT2D eigenvalue weighted by atomic mass is 9.79. The predicted octanol–water partition coefficient (Wildman–Crippen LogP) is 4.22. The molecular weight excluding hydrogens is 240 g/mol. The van der Waals surface area contributed by atoms with E-state index < -0.39 is 0 Å². The largest absolute Gasteiger partial charge is 0.382 e. The zero-order chi connectivity index (χ0) is 13.8. The Bertz CT molecular complexity index is 428. The van der Waals surface area contributed by atoms with Crippen LogP contribution in [-0.4, -0.2) is 11.0 Å². The van der Waals surface area contributed by atoms with Gasteiger partial charge in [0.25, 0.3) is 5.69 Å². The van der Waals surface area contributed by atoms with Crippen molar-refractivity contribution in [3.05, 3.63) is 34.4 Å². The van der Waals surface area contributed by atoms with Gasteiger partial charge in [-0.1, -0.05) is 26.7 Å². The first-order chi connectivity index (χ1) is 9.06. The Balaban J connectivity index is 1.95. The lowest BCUT2D eigenvalue weighted by molar-refractivity contribution is -0.384. The minimum Gasteiger partial charge on any atom is -0.382 e. The Morgan fingerprint density at radius 2 is 1.95 bits per heavy atom. The monoisotopic (exact) mass is 262 g/mol. The molecule has 1 aliphatic carbocycles. The maximum atomic E-state index is 10.6. The van der Waals surface area contributed by atoms with E-state index in [-0.39, 0.29) is 10.6 Å². The van der Waals surface area contributed by atoms with Crippen molar-refractivity contribution in [2.24, 2.45) is 11.8 Å². The average Bonchev–Trinajstić information content (AvgIpc) is 2.39. The number of hydrogen-bond acceptors (Lipinski definition) is 3. The first-order valence-corrected chi connectivity index (χ1v) is 7.07. The zero-order valence-corrected chi connectivity index (χ0v) is 11.6. The fraction of sp³-hybridized carbons (Fsp3) is 0.600. The molecule has 2 unspecified atom stereocenters. The van der Waals surface area contributed by atoms with Gasteiger partial charge in [-0.2, -0.15) is 0 Å². The van der Waals surface area contributed by atoms with Crippen molar-refractivity contribution in [3.8, 4) is 0 Å². The van der Waals surface area contributed by atoms with Crippen LogP contribution in [0.15, 0.2) is 24.3 Å². The summed E-state index contributed by atoms with van der Waals surface area (Å²) in [6, 6.07) is 7.23. The molecule has 1 aromatic carbocycles. The number of nitro benzene ring substituents is 1. The summed E-state index contributed by atoms with van der Waals surface area (Å²) in [5, 5.41) is 14.1. The van der Waals surface area contributed by atoms with Crippen molar-refractivity contribution in [2.45, 2.75) is 45.6 Å². The van der Waals surface area contributed by atoms with Crippen molar-refractivity contribution in [1.82, 2.24) is 0 Å². The predicted molar refractivity (Wildman–Crippen MR) is 77.3 cm³/mol. The lowest BCUT2D eigenvalue weighted by Crippen LogP contribution is -2.29. The molecule has 1 fully saturated rings. The summed E-state index contributed by atoms with van der Waals surface area (Å²) in [6.45, 7) is 4.58. The van der Waals surface area contributed by atoms with Gasteiger partial charge in [0.15, 0.2) is 0 Å². The van der Waals surface area contributed by atoms with Crippen LogP contribution in [0.3, 0.4) is 0 Å². The maximum absolute atomic E-state index is 10.6. The smallest absolute Gasteiger partial charge is 0.269 e. The zero-order valence-electron chi connectivity index (χ0n) is 11.6. The van der Waals surface area contributed by atoms with Crippen molar-refractivity contribution in [1.29, 1.82) is 0 Å². The molecule has 0 spiro atoms. The highest BCUT2D eigenvalue weighted by atomic mass is 16.6. The van der Waals surface area contributed by atoms with Gasteiger partial charge in [0, 0.05) is 23.9 Å². The Morgan fingerprint density at radius 3 is 2.53 bits per heavy atom. The third kappa shape index (κ3) is 3.69. The highest BCUT2D eigenvalue weighted by Crippen LogP contribution is 2.31. The van der Waals surface area contributed by atoms with Gasteiger partial charge in [-0.3, -0.25) is 10.1 Å². The average molecular weight is 262 g/mol. The van der Waals surface area contributed by atoms with Gasteiger partial charge in [0.1, 0.15) is 0 Å². The first kappa shape index (κ1) is 13.8. The van der Waals surface area contributed by atoms with Crippen LogP contribution in [0.1, 0.15) is 39.5 Å². The summed E-state index contributed by atoms with van der Waals surface area (Å²) in [6.07, 6.45) is 5.00. The molecule has 0 aliphatic heterocycles. The van der Waals surface area contributed by atoms with Crippen LogP contribution in [0.4, 0.5) is 11.4 Å². The first-order valence-electron chi connectivity index (χ1n) is 7.07. The third-order valence-electron chi connectivity index (χ3n) is 4.11. The molecule has 19 heavy (non-hydrogen) atoms. The second-order valence-corrected chi connectivity index (χ2v) is 5.82. The molecule has 4 nitrogen and oxygen atoms in total. The summed E-state index contributed by atoms with van der Waals surface area (Å²) in [4.78, 5) is 10.2. The Labute approximate surface area is 114 Å². The van der Waals surface area contributed by atoms with Gasteiger partial charge in [-0.25, -0.2) is 0 Å². The van der Waals surface area contributed by atoms with E-state index in [9.17, 15) is 10.1 Å². The SMILES string of the molecule is CC(C)C1CCCC(Nc2ccc([N+](=O)[O-])cc2)C1. The number of anilines is 1. The minimum atomic E-state index is -0.362. The molecule has 2 rings (SSSR count). The number of benzene rings is 1. The minimum absolute atomic E-state index is 0.147. The number of non-ortho nitro benzene ring substituents is 1. The maximum Gasteiger partial charge on any atom is 0.269 e. The molecule has 0 radical (unpaired) electrons. The summed E-state index contributed by atoms with van der Waals surface area (Å²) in [5.41, 5.74) is 1.13. The molecule has 1 aromatic rings. The van der Waals surface area contributed by atoms with Gasteiger partial charge in [0.05, 0.1) is 4.92 Å². The molecule has 1 N–H and O–H groups in total. The van der Waals surface area contributed by atoms with Crippen molar-refractivity contribution >= 4 is 11.4 Å². The Hall–Kier alpha value is -1.58. The van der Waals surface area contributed by atoms with E-state index in [0.717, 1.165) is 17.5 Å². The fourth-order valence-electron chi connectivity index (χ4n) is 2.88. The van der Waals surface area contributed by atoms with Crippen LogP contribution in [0.5, 0.6) is 0 Å². The standard InChI is InChI=1S/C15H22N2O2/c1-11(2)12-4-3-5-14(10-12)16-13-6-8-15(9-7-13)17(18)19/h6-9,11-12,14,16H,3-5,10H2,1-2H3. The highest BCUT2D eigenvalue weighted by Gasteiger charge is 2.23. The van der Waals surface area contributed by atoms with Gasteiger partial charge < -0.3 is 5.32 Å². The van der Waals surface area contributed by atoms with Crippen molar-refractivity contribution < 1.29 is 4.92 Å². The van der Waals surface area contributed by atoms with E-state index >= 15 is 0 Å². The molecule has 0 aromatic heterocycles. The van der Waals surface area contributed by atoms with Crippen LogP contribution in [0, 0.1) is 22.0 Å². The van der Waals surface area contributed by atoms with Gasteiger partial charge >= 0.3 is 0 Å². The van der Waals surface area contributed by atoms with Crippen LogP contribution >= 0.6 is 0 Å². The van der Waals surface area contributed by atoms with Crippen LogP contribution in [0.25, 0.3) is 0 Å². The molecule has 1 saturated carbocycles. The van der Waals surface area contributed by atoms with Crippen LogP contribution in [0.2, 0.25) is 0 Å². The van der Waals surface area contributed by atoms with Gasteiger partial charge in [0.2, 0.25) is 0 Å². The van der Waals surface area contributed by atoms with Crippen LogP contribution in [-0.2, 0) is 0 Å². The second-order valence-electron chi connectivity index (χ2n) is 5.82. The number of hydrogen-bond donors (Lipinski definition) is 1. The van der Waals surface area contributed by atoms with E-state index in [1.54, 1.807) is 24.3 Å².